The van der Waals surface area contributed by atoms with E-state index in [1.54, 1.807) is 12.3 Å². The van der Waals surface area contributed by atoms with Crippen molar-refractivity contribution in [1.82, 2.24) is 4.98 Å². The van der Waals surface area contributed by atoms with Crippen LogP contribution in [0.5, 0.6) is 0 Å². The number of hydrogen-bond donors (Lipinski definition) is 0. The Balaban J connectivity index is 3.07. The standard InChI is InChI=1S/C8H12NO3P/c1-7-4-5-8(9-6-7)13(10,11-2)12-3/h4-6H,1-3H3. The van der Waals surface area contributed by atoms with E-state index in [2.05, 4.69) is 4.98 Å². The molecule has 0 aromatic carbocycles. The van der Waals surface area contributed by atoms with Crippen molar-refractivity contribution < 1.29 is 13.6 Å². The molecule has 0 N–H and O–H groups in total. The summed E-state index contributed by atoms with van der Waals surface area (Å²) >= 11 is 0. The van der Waals surface area contributed by atoms with Crippen LogP contribution in [-0.2, 0) is 13.6 Å². The maximum atomic E-state index is 11.8. The van der Waals surface area contributed by atoms with E-state index in [1.807, 2.05) is 13.0 Å². The van der Waals surface area contributed by atoms with Gasteiger partial charge in [-0.1, -0.05) is 6.07 Å². The van der Waals surface area contributed by atoms with E-state index in [-0.39, 0.29) is 0 Å². The van der Waals surface area contributed by atoms with Gasteiger partial charge in [0.1, 0.15) is 0 Å². The molecule has 0 aliphatic heterocycles. The van der Waals surface area contributed by atoms with E-state index in [1.165, 1.54) is 14.2 Å². The van der Waals surface area contributed by atoms with E-state index in [9.17, 15) is 4.57 Å². The third kappa shape index (κ3) is 2.15. The van der Waals surface area contributed by atoms with E-state index in [0.29, 0.717) is 5.44 Å². The molecule has 1 rings (SSSR count). The smallest absolute Gasteiger partial charge is 0.308 e. The fraction of sp³-hybridized carbons (Fsp3) is 0.375. The highest BCUT2D eigenvalue weighted by Gasteiger charge is 2.25. The number of pyridine rings is 1. The molecular formula is C8H12NO3P. The molecule has 0 aliphatic carbocycles. The van der Waals surface area contributed by atoms with Gasteiger partial charge in [0, 0.05) is 20.4 Å². The lowest BCUT2D eigenvalue weighted by Crippen LogP contribution is -2.11. The van der Waals surface area contributed by atoms with Crippen LogP contribution >= 0.6 is 7.60 Å². The Morgan fingerprint density at radius 2 is 1.92 bits per heavy atom. The molecule has 1 heterocycles. The third-order valence-corrected chi connectivity index (χ3v) is 3.44. The van der Waals surface area contributed by atoms with E-state index < -0.39 is 7.60 Å². The lowest BCUT2D eigenvalue weighted by molar-refractivity contribution is 0.286. The van der Waals surface area contributed by atoms with Gasteiger partial charge in [-0.2, -0.15) is 0 Å². The number of rotatable bonds is 3. The van der Waals surface area contributed by atoms with Crippen LogP contribution in [0.25, 0.3) is 0 Å². The summed E-state index contributed by atoms with van der Waals surface area (Å²) in [7, 11) is -0.486. The summed E-state index contributed by atoms with van der Waals surface area (Å²) in [4.78, 5) is 3.98. The normalized spacial score (nSPS) is 11.6. The molecule has 1 aromatic rings. The van der Waals surface area contributed by atoms with Crippen molar-refractivity contribution in [2.24, 2.45) is 0 Å². The molecule has 0 bridgehead atoms. The van der Waals surface area contributed by atoms with Crippen LogP contribution in [0.4, 0.5) is 0 Å². The number of aryl methyl sites for hydroxylation is 1. The zero-order valence-corrected chi connectivity index (χ0v) is 8.75. The molecule has 0 saturated carbocycles. The molecule has 13 heavy (non-hydrogen) atoms. The maximum Gasteiger partial charge on any atom is 0.379 e. The fourth-order valence-electron chi connectivity index (χ4n) is 0.884. The molecule has 5 heteroatoms. The Kier molecular flexibility index (Phi) is 3.20. The molecule has 72 valence electrons. The summed E-state index contributed by atoms with van der Waals surface area (Å²) < 4.78 is 21.3. The monoisotopic (exact) mass is 201 g/mol. The summed E-state index contributed by atoms with van der Waals surface area (Å²) in [6.07, 6.45) is 1.63. The second-order valence-corrected chi connectivity index (χ2v) is 4.74. The van der Waals surface area contributed by atoms with Crippen molar-refractivity contribution >= 4 is 13.0 Å². The molecule has 0 saturated heterocycles. The molecule has 0 spiro atoms. The third-order valence-electron chi connectivity index (χ3n) is 1.66. The molecule has 0 aliphatic rings. The zero-order valence-electron chi connectivity index (χ0n) is 7.85. The average molecular weight is 201 g/mol. The molecule has 0 atom stereocenters. The highest BCUT2D eigenvalue weighted by molar-refractivity contribution is 7.61. The predicted octanol–water partition coefficient (Wildman–Crippen LogP) is 1.50. The van der Waals surface area contributed by atoms with E-state index >= 15 is 0 Å². The Labute approximate surface area is 77.4 Å². The number of aromatic nitrogens is 1. The van der Waals surface area contributed by atoms with Crippen molar-refractivity contribution in [1.29, 1.82) is 0 Å². The first-order chi connectivity index (χ1) is 6.12. The Morgan fingerprint density at radius 3 is 2.31 bits per heavy atom. The molecule has 0 unspecified atom stereocenters. The minimum Gasteiger partial charge on any atom is -0.308 e. The largest absolute Gasteiger partial charge is 0.379 e. The first kappa shape index (κ1) is 10.4. The van der Waals surface area contributed by atoms with Crippen LogP contribution in [-0.4, -0.2) is 19.2 Å². The quantitative estimate of drug-likeness (QED) is 0.695. The second-order valence-electron chi connectivity index (χ2n) is 2.56. The maximum absolute atomic E-state index is 11.8. The zero-order chi connectivity index (χ0) is 9.90. The summed E-state index contributed by atoms with van der Waals surface area (Å²) in [5.74, 6) is 0. The van der Waals surface area contributed by atoms with Gasteiger partial charge in [0.05, 0.1) is 0 Å². The van der Waals surface area contributed by atoms with Crippen LogP contribution in [0.15, 0.2) is 18.3 Å². The van der Waals surface area contributed by atoms with E-state index in [0.717, 1.165) is 5.56 Å². The summed E-state index contributed by atoms with van der Waals surface area (Å²) in [5.41, 5.74) is 1.34. The summed E-state index contributed by atoms with van der Waals surface area (Å²) in [6, 6.07) is 3.45. The van der Waals surface area contributed by atoms with Crippen molar-refractivity contribution in [2.75, 3.05) is 14.2 Å². The van der Waals surface area contributed by atoms with Crippen molar-refractivity contribution in [2.45, 2.75) is 6.92 Å². The van der Waals surface area contributed by atoms with Gasteiger partial charge in [-0.3, -0.25) is 4.57 Å². The average Bonchev–Trinajstić information content (AvgIpc) is 2.18. The molecule has 0 fully saturated rings. The Bertz CT molecular complexity index is 315. The van der Waals surface area contributed by atoms with Crippen molar-refractivity contribution in [3.05, 3.63) is 23.9 Å². The van der Waals surface area contributed by atoms with Gasteiger partial charge in [-0.05, 0) is 18.6 Å². The number of hydrogen-bond acceptors (Lipinski definition) is 4. The van der Waals surface area contributed by atoms with Crippen LogP contribution in [0.2, 0.25) is 0 Å². The van der Waals surface area contributed by atoms with Crippen molar-refractivity contribution in [3.8, 4) is 0 Å². The molecular weight excluding hydrogens is 189 g/mol. The summed E-state index contributed by atoms with van der Waals surface area (Å²) in [5, 5.41) is 0. The topological polar surface area (TPSA) is 48.4 Å². The van der Waals surface area contributed by atoms with Crippen LogP contribution in [0.1, 0.15) is 5.56 Å². The van der Waals surface area contributed by atoms with Gasteiger partial charge in [-0.25, -0.2) is 4.98 Å². The Hall–Kier alpha value is -0.700. The molecule has 0 amide bonds. The van der Waals surface area contributed by atoms with Crippen LogP contribution < -0.4 is 5.44 Å². The molecule has 0 radical (unpaired) electrons. The summed E-state index contributed by atoms with van der Waals surface area (Å²) in [6.45, 7) is 1.90. The van der Waals surface area contributed by atoms with E-state index in [4.69, 9.17) is 9.05 Å². The van der Waals surface area contributed by atoms with Gasteiger partial charge in [0.25, 0.3) is 0 Å². The Morgan fingerprint density at radius 1 is 1.31 bits per heavy atom. The van der Waals surface area contributed by atoms with Crippen LogP contribution in [0.3, 0.4) is 0 Å². The second kappa shape index (κ2) is 4.01. The van der Waals surface area contributed by atoms with Gasteiger partial charge < -0.3 is 9.05 Å². The first-order valence-corrected chi connectivity index (χ1v) is 5.31. The highest BCUT2D eigenvalue weighted by Crippen LogP contribution is 2.43. The van der Waals surface area contributed by atoms with Crippen LogP contribution in [0, 0.1) is 6.92 Å². The lowest BCUT2D eigenvalue weighted by atomic mass is 10.3. The SMILES string of the molecule is COP(=O)(OC)c1ccc(C)cn1. The molecule has 4 nitrogen and oxygen atoms in total. The van der Waals surface area contributed by atoms with Gasteiger partial charge in [-0.15, -0.1) is 0 Å². The van der Waals surface area contributed by atoms with Gasteiger partial charge in [0.2, 0.25) is 0 Å². The lowest BCUT2D eigenvalue weighted by Gasteiger charge is -2.12. The molecule has 1 aromatic heterocycles. The minimum absolute atomic E-state index is 0.336. The highest BCUT2D eigenvalue weighted by atomic mass is 31.2. The first-order valence-electron chi connectivity index (χ1n) is 3.77. The fourth-order valence-corrected chi connectivity index (χ4v) is 1.86. The van der Waals surface area contributed by atoms with Gasteiger partial charge >= 0.3 is 7.60 Å². The minimum atomic E-state index is -3.16. The predicted molar refractivity (Wildman–Crippen MR) is 50.2 cm³/mol. The van der Waals surface area contributed by atoms with Crippen molar-refractivity contribution in [3.63, 3.8) is 0 Å². The van der Waals surface area contributed by atoms with Gasteiger partial charge in [0.15, 0.2) is 5.44 Å². The number of nitrogens with zero attached hydrogens (tertiary/aromatic N) is 1.